The summed E-state index contributed by atoms with van der Waals surface area (Å²) < 4.78 is 33.7. The number of hydrogen-bond acceptors (Lipinski definition) is 6. The maximum Gasteiger partial charge on any atom is 0.425 e. The molecule has 24 heavy (non-hydrogen) atoms. The summed E-state index contributed by atoms with van der Waals surface area (Å²) in [6, 6.07) is -1.53. The normalized spacial score (nSPS) is 22.0. The van der Waals surface area contributed by atoms with E-state index in [1.54, 1.807) is 41.5 Å². The number of carbonyl (C=O) groups is 2. The molecule has 9 heteroatoms. The van der Waals surface area contributed by atoms with Gasteiger partial charge in [-0.25, -0.2) is 29.2 Å². The molecule has 1 unspecified atom stereocenters. The van der Waals surface area contributed by atoms with E-state index in [4.69, 9.17) is 15.4 Å². The summed E-state index contributed by atoms with van der Waals surface area (Å²) in [6.07, 6.45) is -1.17. The topological polar surface area (TPSA) is 85.1 Å². The molecule has 0 radical (unpaired) electrons. The van der Waals surface area contributed by atoms with Gasteiger partial charge in [-0.1, -0.05) is 0 Å². The molecule has 140 valence electrons. The van der Waals surface area contributed by atoms with E-state index in [2.05, 4.69) is 0 Å². The summed E-state index contributed by atoms with van der Waals surface area (Å²) in [5.74, 6) is 1.59. The largest absolute Gasteiger partial charge is 0.443 e. The van der Waals surface area contributed by atoms with Crippen molar-refractivity contribution in [1.82, 2.24) is 10.1 Å². The fraction of sp³-hybridized carbons (Fsp3) is 0.867. The Labute approximate surface area is 141 Å². The Kier molecular flexibility index (Phi) is 5.82. The Bertz CT molecular complexity index is 486. The van der Waals surface area contributed by atoms with Gasteiger partial charge in [-0.05, 0) is 48.0 Å². The number of nitrogens with zero attached hydrogens (tertiary/aromatic N) is 2. The molecule has 2 N–H and O–H groups in total. The fourth-order valence-corrected chi connectivity index (χ4v) is 2.01. The molecule has 1 heterocycles. The number of carbonyl (C=O) groups excluding carboxylic acids is 2. The van der Waals surface area contributed by atoms with E-state index in [0.29, 0.717) is 5.01 Å². The first-order valence-corrected chi connectivity index (χ1v) is 7.75. The van der Waals surface area contributed by atoms with Crippen molar-refractivity contribution < 1.29 is 27.9 Å². The van der Waals surface area contributed by atoms with Crippen LogP contribution in [0, 0.1) is 5.41 Å². The average Bonchev–Trinajstić information content (AvgIpc) is 2.33. The highest BCUT2D eigenvalue weighted by atomic mass is 19.3. The lowest BCUT2D eigenvalue weighted by atomic mass is 9.97. The molecule has 1 amide bonds. The van der Waals surface area contributed by atoms with Gasteiger partial charge in [-0.2, -0.15) is 0 Å². The summed E-state index contributed by atoms with van der Waals surface area (Å²) in [5, 5.41) is 1.33. The van der Waals surface area contributed by atoms with Gasteiger partial charge in [-0.3, -0.25) is 0 Å². The molecule has 0 spiro atoms. The SMILES string of the molecule is CC(C)(C)OC(=O)N(N)C1CCN(OC(=O)C(C)(C)C)CC1(F)F. The molecule has 1 atom stereocenters. The van der Waals surface area contributed by atoms with Crippen LogP contribution in [-0.2, 0) is 14.4 Å². The second kappa shape index (κ2) is 6.79. The van der Waals surface area contributed by atoms with Gasteiger partial charge in [0.2, 0.25) is 0 Å². The number of rotatable bonds is 2. The van der Waals surface area contributed by atoms with E-state index in [1.807, 2.05) is 0 Å². The standard InChI is InChI=1S/C15H27F2N3O4/c1-13(2,3)11(21)24-19-8-7-10(15(16,17)9-19)20(18)12(22)23-14(4,5)6/h10H,7-9,18H2,1-6H3. The smallest absolute Gasteiger partial charge is 0.425 e. The fourth-order valence-electron chi connectivity index (χ4n) is 2.01. The van der Waals surface area contributed by atoms with Crippen LogP contribution >= 0.6 is 0 Å². The van der Waals surface area contributed by atoms with Crippen molar-refractivity contribution in [2.24, 2.45) is 11.3 Å². The summed E-state index contributed by atoms with van der Waals surface area (Å²) in [4.78, 5) is 28.7. The van der Waals surface area contributed by atoms with Crippen molar-refractivity contribution in [2.75, 3.05) is 13.1 Å². The van der Waals surface area contributed by atoms with Crippen LogP contribution in [0.5, 0.6) is 0 Å². The number of alkyl halides is 2. The molecule has 1 fully saturated rings. The van der Waals surface area contributed by atoms with E-state index in [9.17, 15) is 18.4 Å². The zero-order valence-corrected chi connectivity index (χ0v) is 15.1. The van der Waals surface area contributed by atoms with Crippen molar-refractivity contribution in [2.45, 2.75) is 65.5 Å². The molecule has 1 aliphatic heterocycles. The van der Waals surface area contributed by atoms with Crippen LogP contribution in [0.1, 0.15) is 48.0 Å². The lowest BCUT2D eigenvalue weighted by molar-refractivity contribution is -0.239. The first kappa shape index (κ1) is 20.6. The van der Waals surface area contributed by atoms with Crippen molar-refractivity contribution in [1.29, 1.82) is 0 Å². The van der Waals surface area contributed by atoms with E-state index < -0.39 is 41.6 Å². The highest BCUT2D eigenvalue weighted by Crippen LogP contribution is 2.31. The molecule has 7 nitrogen and oxygen atoms in total. The van der Waals surface area contributed by atoms with Crippen molar-refractivity contribution in [3.05, 3.63) is 0 Å². The molecule has 1 aliphatic rings. The van der Waals surface area contributed by atoms with Gasteiger partial charge in [0.25, 0.3) is 5.92 Å². The summed E-state index contributed by atoms with van der Waals surface area (Å²) in [6.45, 7) is 8.94. The summed E-state index contributed by atoms with van der Waals surface area (Å²) in [7, 11) is 0. The minimum absolute atomic E-state index is 0.0403. The molecular formula is C15H27F2N3O4. The highest BCUT2D eigenvalue weighted by molar-refractivity contribution is 5.75. The van der Waals surface area contributed by atoms with Gasteiger partial charge in [0.05, 0.1) is 5.41 Å². The second-order valence-electron chi connectivity index (χ2n) is 7.95. The van der Waals surface area contributed by atoms with Crippen LogP contribution in [0.4, 0.5) is 13.6 Å². The van der Waals surface area contributed by atoms with Crippen LogP contribution in [0.25, 0.3) is 0 Å². The van der Waals surface area contributed by atoms with Crippen molar-refractivity contribution in [3.63, 3.8) is 0 Å². The van der Waals surface area contributed by atoms with Crippen LogP contribution in [0.15, 0.2) is 0 Å². The number of hydroxylamine groups is 2. The minimum atomic E-state index is -3.35. The molecule has 0 aliphatic carbocycles. The Morgan fingerprint density at radius 1 is 1.21 bits per heavy atom. The monoisotopic (exact) mass is 351 g/mol. The number of nitrogens with two attached hydrogens (primary N) is 1. The molecule has 0 bridgehead atoms. The molecule has 1 rings (SSSR count). The van der Waals surface area contributed by atoms with Crippen molar-refractivity contribution in [3.8, 4) is 0 Å². The van der Waals surface area contributed by atoms with Crippen LogP contribution in [0.3, 0.4) is 0 Å². The maximum atomic E-state index is 14.3. The van der Waals surface area contributed by atoms with Gasteiger partial charge >= 0.3 is 12.1 Å². The number of hydrazine groups is 1. The zero-order chi connectivity index (χ0) is 18.9. The third kappa shape index (κ3) is 5.55. The zero-order valence-electron chi connectivity index (χ0n) is 15.1. The summed E-state index contributed by atoms with van der Waals surface area (Å²) in [5.41, 5.74) is -1.64. The third-order valence-corrected chi connectivity index (χ3v) is 3.29. The quantitative estimate of drug-likeness (QED) is 0.467. The first-order valence-electron chi connectivity index (χ1n) is 7.75. The van der Waals surface area contributed by atoms with Crippen LogP contribution < -0.4 is 5.84 Å². The molecular weight excluding hydrogens is 324 g/mol. The van der Waals surface area contributed by atoms with Gasteiger partial charge in [0.15, 0.2) is 0 Å². The summed E-state index contributed by atoms with van der Waals surface area (Å²) >= 11 is 0. The Morgan fingerprint density at radius 3 is 2.17 bits per heavy atom. The van der Waals surface area contributed by atoms with Gasteiger partial charge in [-0.15, -0.1) is 5.06 Å². The van der Waals surface area contributed by atoms with Crippen LogP contribution in [-0.4, -0.2) is 52.8 Å². The van der Waals surface area contributed by atoms with Crippen molar-refractivity contribution >= 4 is 12.1 Å². The third-order valence-electron chi connectivity index (χ3n) is 3.29. The van der Waals surface area contributed by atoms with Gasteiger partial charge < -0.3 is 9.57 Å². The highest BCUT2D eigenvalue weighted by Gasteiger charge is 2.50. The predicted octanol–water partition coefficient (Wildman–Crippen LogP) is 2.31. The van der Waals surface area contributed by atoms with E-state index in [1.165, 1.54) is 0 Å². The molecule has 0 aromatic heterocycles. The van der Waals surface area contributed by atoms with E-state index in [0.717, 1.165) is 5.06 Å². The Hall–Kier alpha value is -1.48. The Balaban J connectivity index is 2.73. The first-order chi connectivity index (χ1) is 10.6. The minimum Gasteiger partial charge on any atom is -0.443 e. The van der Waals surface area contributed by atoms with Gasteiger partial charge in [0, 0.05) is 6.54 Å². The number of amides is 1. The average molecular weight is 351 g/mol. The van der Waals surface area contributed by atoms with Gasteiger partial charge in [0.1, 0.15) is 18.2 Å². The number of hydrogen-bond donors (Lipinski definition) is 1. The number of halogens is 2. The Morgan fingerprint density at radius 2 is 1.75 bits per heavy atom. The maximum absolute atomic E-state index is 14.3. The second-order valence-corrected chi connectivity index (χ2v) is 7.95. The molecule has 0 aromatic carbocycles. The van der Waals surface area contributed by atoms with E-state index >= 15 is 0 Å². The molecule has 0 saturated carbocycles. The van der Waals surface area contributed by atoms with Crippen LogP contribution in [0.2, 0.25) is 0 Å². The molecule has 1 saturated heterocycles. The lowest BCUT2D eigenvalue weighted by Crippen LogP contribution is -2.62. The lowest BCUT2D eigenvalue weighted by Gasteiger charge is -2.41. The van der Waals surface area contributed by atoms with E-state index in [-0.39, 0.29) is 13.0 Å². The number of ether oxygens (including phenoxy) is 1. The predicted molar refractivity (Wildman–Crippen MR) is 82.7 cm³/mol. The number of piperidine rings is 1. The molecule has 0 aromatic rings.